The highest BCUT2D eigenvalue weighted by Gasteiger charge is 2.23. The maximum absolute atomic E-state index is 14.0. The van der Waals surface area contributed by atoms with Gasteiger partial charge < -0.3 is 16.2 Å². The molecule has 10 nitrogen and oxygen atoms in total. The van der Waals surface area contributed by atoms with E-state index in [1.165, 1.54) is 24.5 Å². The van der Waals surface area contributed by atoms with Crippen LogP contribution in [0.2, 0.25) is 0 Å². The molecule has 0 fully saturated rings. The Kier molecular flexibility index (Phi) is 5.38. The minimum atomic E-state index is -0.630. The lowest BCUT2D eigenvalue weighted by molar-refractivity contribution is 0.161. The summed E-state index contributed by atoms with van der Waals surface area (Å²) in [5.74, 6) is -0.149. The molecule has 4 rings (SSSR count). The van der Waals surface area contributed by atoms with Crippen molar-refractivity contribution in [1.29, 1.82) is 0 Å². The SMILES string of the molecule is CCOC(=O)N(C)c1c(N)nc(-c2nn(Cc3sccc3F)c3ncccc23)nc1N. The standard InChI is InChI=1S/C19H19FN8O2S/c1-3-30-19(29)27(2)14-15(21)24-17(25-16(14)22)13-10-5-4-7-23-18(10)28(26-13)9-12-11(20)6-8-31-12/h4-8H,3,9H2,1-2H3,(H4,21,22,24,25). The number of fused-ring (bicyclic) bond motifs is 1. The summed E-state index contributed by atoms with van der Waals surface area (Å²) < 4.78 is 20.5. The third kappa shape index (κ3) is 3.72. The van der Waals surface area contributed by atoms with Gasteiger partial charge in [-0.3, -0.25) is 4.90 Å². The summed E-state index contributed by atoms with van der Waals surface area (Å²) in [6.45, 7) is 2.09. The minimum Gasteiger partial charge on any atom is -0.449 e. The first-order chi connectivity index (χ1) is 14.9. The number of rotatable bonds is 5. The molecule has 4 N–H and O–H groups in total. The van der Waals surface area contributed by atoms with Crippen molar-refractivity contribution in [3.8, 4) is 11.5 Å². The third-order valence-corrected chi connectivity index (χ3v) is 5.40. The number of nitrogens with zero attached hydrogens (tertiary/aromatic N) is 6. The molecule has 0 bridgehead atoms. The fourth-order valence-corrected chi connectivity index (χ4v) is 3.84. The van der Waals surface area contributed by atoms with Gasteiger partial charge in [0.1, 0.15) is 17.2 Å². The Morgan fingerprint density at radius 3 is 2.68 bits per heavy atom. The number of hydrogen-bond acceptors (Lipinski definition) is 9. The number of pyridine rings is 1. The lowest BCUT2D eigenvalue weighted by Gasteiger charge is -2.19. The van der Waals surface area contributed by atoms with Crippen molar-refractivity contribution >= 4 is 45.8 Å². The molecule has 160 valence electrons. The molecule has 12 heteroatoms. The van der Waals surface area contributed by atoms with Gasteiger partial charge in [0.25, 0.3) is 0 Å². The van der Waals surface area contributed by atoms with Gasteiger partial charge in [0.05, 0.1) is 23.4 Å². The van der Waals surface area contributed by atoms with Crippen molar-refractivity contribution in [3.05, 3.63) is 40.5 Å². The molecule has 4 aromatic heterocycles. The normalized spacial score (nSPS) is 11.1. The number of amides is 1. The molecule has 0 aliphatic heterocycles. The van der Waals surface area contributed by atoms with Crippen LogP contribution in [-0.4, -0.2) is 44.5 Å². The Hall–Kier alpha value is -3.80. The minimum absolute atomic E-state index is 0.00561. The van der Waals surface area contributed by atoms with Crippen molar-refractivity contribution in [2.24, 2.45) is 0 Å². The third-order valence-electron chi connectivity index (χ3n) is 4.52. The summed E-state index contributed by atoms with van der Waals surface area (Å²) in [6.07, 6.45) is 0.991. The summed E-state index contributed by atoms with van der Waals surface area (Å²) in [5, 5.41) is 6.88. The number of nitrogen functional groups attached to an aromatic ring is 2. The van der Waals surface area contributed by atoms with Crippen molar-refractivity contribution in [2.75, 3.05) is 30.0 Å². The van der Waals surface area contributed by atoms with Crippen molar-refractivity contribution < 1.29 is 13.9 Å². The molecule has 0 atom stereocenters. The smallest absolute Gasteiger partial charge is 0.414 e. The van der Waals surface area contributed by atoms with E-state index in [9.17, 15) is 9.18 Å². The van der Waals surface area contributed by atoms with E-state index >= 15 is 0 Å². The Morgan fingerprint density at radius 2 is 2.03 bits per heavy atom. The van der Waals surface area contributed by atoms with Gasteiger partial charge in [0.2, 0.25) is 0 Å². The molecule has 1 amide bonds. The van der Waals surface area contributed by atoms with E-state index in [4.69, 9.17) is 16.2 Å². The lowest BCUT2D eigenvalue weighted by atomic mass is 10.2. The first-order valence-corrected chi connectivity index (χ1v) is 10.2. The predicted octanol–water partition coefficient (Wildman–Crippen LogP) is 2.89. The average Bonchev–Trinajstić information content (AvgIpc) is 3.31. The van der Waals surface area contributed by atoms with Crippen LogP contribution in [0.15, 0.2) is 29.8 Å². The van der Waals surface area contributed by atoms with E-state index in [-0.39, 0.29) is 42.1 Å². The van der Waals surface area contributed by atoms with Crippen LogP contribution < -0.4 is 16.4 Å². The zero-order valence-electron chi connectivity index (χ0n) is 16.7. The van der Waals surface area contributed by atoms with E-state index in [0.29, 0.717) is 21.6 Å². The first-order valence-electron chi connectivity index (χ1n) is 9.28. The maximum atomic E-state index is 14.0. The fourth-order valence-electron chi connectivity index (χ4n) is 3.11. The number of anilines is 3. The topological polar surface area (TPSA) is 138 Å². The second-order valence-electron chi connectivity index (χ2n) is 6.50. The summed E-state index contributed by atoms with van der Waals surface area (Å²) in [7, 11) is 1.46. The van der Waals surface area contributed by atoms with E-state index in [2.05, 4.69) is 20.1 Å². The molecular weight excluding hydrogens is 423 g/mol. The largest absolute Gasteiger partial charge is 0.449 e. The van der Waals surface area contributed by atoms with Crippen LogP contribution in [0.25, 0.3) is 22.6 Å². The van der Waals surface area contributed by atoms with Crippen LogP contribution in [0.5, 0.6) is 0 Å². The number of thiophene rings is 1. The van der Waals surface area contributed by atoms with Gasteiger partial charge in [0, 0.05) is 13.2 Å². The van der Waals surface area contributed by atoms with E-state index in [0.717, 1.165) is 4.90 Å². The predicted molar refractivity (Wildman–Crippen MR) is 116 cm³/mol. The Morgan fingerprint density at radius 1 is 1.29 bits per heavy atom. The van der Waals surface area contributed by atoms with Gasteiger partial charge in [-0.25, -0.2) is 28.8 Å². The Labute approximate surface area is 180 Å². The van der Waals surface area contributed by atoms with Gasteiger partial charge in [0.15, 0.2) is 23.1 Å². The highest BCUT2D eigenvalue weighted by Crippen LogP contribution is 2.32. The summed E-state index contributed by atoms with van der Waals surface area (Å²) in [4.78, 5) is 26.7. The Bertz CT molecular complexity index is 1250. The second-order valence-corrected chi connectivity index (χ2v) is 7.50. The summed E-state index contributed by atoms with van der Waals surface area (Å²) in [6, 6.07) is 4.96. The molecule has 0 unspecified atom stereocenters. The monoisotopic (exact) mass is 442 g/mol. The van der Waals surface area contributed by atoms with Gasteiger partial charge in [-0.05, 0) is 30.5 Å². The van der Waals surface area contributed by atoms with Gasteiger partial charge in [-0.1, -0.05) is 0 Å². The molecule has 0 spiro atoms. The van der Waals surface area contributed by atoms with Crippen molar-refractivity contribution in [2.45, 2.75) is 13.5 Å². The molecule has 4 heterocycles. The molecule has 0 radical (unpaired) electrons. The first kappa shape index (κ1) is 20.5. The molecule has 0 saturated heterocycles. The lowest BCUT2D eigenvalue weighted by Crippen LogP contribution is -2.29. The average molecular weight is 442 g/mol. The molecule has 4 aromatic rings. The number of carbonyl (C=O) groups is 1. The highest BCUT2D eigenvalue weighted by molar-refractivity contribution is 7.09. The molecule has 0 aliphatic carbocycles. The number of carbonyl (C=O) groups excluding carboxylic acids is 1. The van der Waals surface area contributed by atoms with Gasteiger partial charge >= 0.3 is 6.09 Å². The molecule has 0 aromatic carbocycles. The number of aromatic nitrogens is 5. The number of halogens is 1. The zero-order valence-corrected chi connectivity index (χ0v) is 17.6. The quantitative estimate of drug-likeness (QED) is 0.481. The van der Waals surface area contributed by atoms with Crippen LogP contribution >= 0.6 is 11.3 Å². The van der Waals surface area contributed by atoms with Crippen LogP contribution in [-0.2, 0) is 11.3 Å². The number of hydrogen-bond donors (Lipinski definition) is 2. The molecular formula is C19H19FN8O2S. The fraction of sp³-hybridized carbons (Fsp3) is 0.211. The van der Waals surface area contributed by atoms with E-state index in [1.54, 1.807) is 35.3 Å². The number of ether oxygens (including phenoxy) is 1. The van der Waals surface area contributed by atoms with Crippen LogP contribution in [0.4, 0.5) is 26.5 Å². The van der Waals surface area contributed by atoms with Gasteiger partial charge in [-0.2, -0.15) is 5.10 Å². The zero-order chi connectivity index (χ0) is 22.1. The van der Waals surface area contributed by atoms with Crippen molar-refractivity contribution in [3.63, 3.8) is 0 Å². The second kappa shape index (κ2) is 8.14. The van der Waals surface area contributed by atoms with Crippen molar-refractivity contribution in [1.82, 2.24) is 24.7 Å². The molecule has 0 saturated carbocycles. The van der Waals surface area contributed by atoms with E-state index in [1.807, 2.05) is 0 Å². The maximum Gasteiger partial charge on any atom is 0.414 e. The van der Waals surface area contributed by atoms with Crippen LogP contribution in [0.1, 0.15) is 11.8 Å². The van der Waals surface area contributed by atoms with Crippen LogP contribution in [0.3, 0.4) is 0 Å². The number of nitrogens with two attached hydrogens (primary N) is 2. The molecule has 0 aliphatic rings. The summed E-state index contributed by atoms with van der Waals surface area (Å²) >= 11 is 1.29. The Balaban J connectivity index is 1.79. The van der Waals surface area contributed by atoms with Gasteiger partial charge in [-0.15, -0.1) is 11.3 Å². The molecule has 31 heavy (non-hydrogen) atoms. The van der Waals surface area contributed by atoms with E-state index < -0.39 is 6.09 Å². The highest BCUT2D eigenvalue weighted by atomic mass is 32.1. The summed E-state index contributed by atoms with van der Waals surface area (Å²) in [5.41, 5.74) is 13.3. The van der Waals surface area contributed by atoms with Crippen LogP contribution in [0, 0.1) is 5.82 Å².